The molecule has 4 atom stereocenters. The fourth-order valence-corrected chi connectivity index (χ4v) is 5.74. The van der Waals surface area contributed by atoms with Crippen LogP contribution in [-0.2, 0) is 26.3 Å². The second-order valence-electron chi connectivity index (χ2n) is 9.73. The third-order valence-corrected chi connectivity index (χ3v) is 7.08. The summed E-state index contributed by atoms with van der Waals surface area (Å²) in [6, 6.07) is 11.5. The van der Waals surface area contributed by atoms with E-state index in [1.807, 2.05) is 20.8 Å². The number of benzene rings is 2. The molecule has 2 saturated heterocycles. The van der Waals surface area contributed by atoms with Crippen LogP contribution in [0.2, 0.25) is 5.02 Å². The summed E-state index contributed by atoms with van der Waals surface area (Å²) < 4.78 is 0. The van der Waals surface area contributed by atoms with Crippen LogP contribution in [0.3, 0.4) is 0 Å². The fourth-order valence-electron chi connectivity index (χ4n) is 5.52. The first-order chi connectivity index (χ1) is 15.1. The molecule has 7 nitrogen and oxygen atoms in total. The van der Waals surface area contributed by atoms with Gasteiger partial charge in [-0.15, -0.1) is 0 Å². The summed E-state index contributed by atoms with van der Waals surface area (Å²) in [5.74, 6) is -2.43. The Morgan fingerprint density at radius 2 is 1.75 bits per heavy atom. The Morgan fingerprint density at radius 3 is 2.41 bits per heavy atom. The summed E-state index contributed by atoms with van der Waals surface area (Å²) in [4.78, 5) is 42.1. The first-order valence-corrected chi connectivity index (χ1v) is 11.0. The summed E-state index contributed by atoms with van der Waals surface area (Å²) in [5, 5.41) is 16.2. The van der Waals surface area contributed by atoms with Gasteiger partial charge in [-0.3, -0.25) is 24.6 Å². The van der Waals surface area contributed by atoms with Crippen LogP contribution in [-0.4, -0.2) is 39.3 Å². The van der Waals surface area contributed by atoms with Crippen molar-refractivity contribution in [1.82, 2.24) is 10.2 Å². The zero-order chi connectivity index (χ0) is 23.0. The average Bonchev–Trinajstić information content (AvgIpc) is 3.29. The maximum absolute atomic E-state index is 13.7. The van der Waals surface area contributed by atoms with Gasteiger partial charge in [0.25, 0.3) is 0 Å². The predicted molar refractivity (Wildman–Crippen MR) is 119 cm³/mol. The van der Waals surface area contributed by atoms with E-state index >= 15 is 0 Å². The van der Waals surface area contributed by atoms with Crippen molar-refractivity contribution < 1.29 is 19.5 Å². The number of hydrogen-bond acceptors (Lipinski definition) is 5. The third kappa shape index (κ3) is 2.74. The molecule has 3 heterocycles. The second kappa shape index (κ2) is 6.80. The topological polar surface area (TPSA) is 98.7 Å². The van der Waals surface area contributed by atoms with Gasteiger partial charge in [0.05, 0.1) is 22.5 Å². The lowest BCUT2D eigenvalue weighted by Crippen LogP contribution is -2.56. The first-order valence-electron chi connectivity index (χ1n) is 10.6. The summed E-state index contributed by atoms with van der Waals surface area (Å²) in [7, 11) is 0. The molecule has 0 saturated carbocycles. The second-order valence-corrected chi connectivity index (χ2v) is 10.1. The number of phenols is 1. The first kappa shape index (κ1) is 21.0. The molecule has 3 amide bonds. The van der Waals surface area contributed by atoms with Gasteiger partial charge in [-0.25, -0.2) is 0 Å². The monoisotopic (exact) mass is 453 g/mol. The van der Waals surface area contributed by atoms with E-state index in [-0.39, 0.29) is 23.5 Å². The van der Waals surface area contributed by atoms with Crippen molar-refractivity contribution in [3.63, 3.8) is 0 Å². The third-order valence-electron chi connectivity index (χ3n) is 6.76. The van der Waals surface area contributed by atoms with Gasteiger partial charge >= 0.3 is 0 Å². The van der Waals surface area contributed by atoms with Crippen LogP contribution in [0.5, 0.6) is 5.75 Å². The van der Waals surface area contributed by atoms with E-state index in [4.69, 9.17) is 11.6 Å². The van der Waals surface area contributed by atoms with Crippen LogP contribution in [0.25, 0.3) is 0 Å². The van der Waals surface area contributed by atoms with Crippen molar-refractivity contribution in [3.05, 3.63) is 58.6 Å². The number of nitrogens with zero attached hydrogens (tertiary/aromatic N) is 1. The summed E-state index contributed by atoms with van der Waals surface area (Å²) in [6.45, 7) is 5.45. The molecular formula is C24H24ClN3O4. The number of para-hydroxylation sites is 1. The Bertz CT molecular complexity index is 1160. The minimum atomic E-state index is -1.38. The van der Waals surface area contributed by atoms with Crippen LogP contribution in [0.15, 0.2) is 42.5 Å². The normalized spacial score (nSPS) is 28.9. The Kier molecular flexibility index (Phi) is 4.45. The lowest BCUT2D eigenvalue weighted by Gasteiger charge is -2.34. The van der Waals surface area contributed by atoms with E-state index in [1.165, 1.54) is 4.90 Å². The maximum atomic E-state index is 13.7. The van der Waals surface area contributed by atoms with Crippen molar-refractivity contribution in [2.45, 2.75) is 44.3 Å². The standard InChI is InChI=1S/C24H24ClN3O4/c1-23(2,3)28-20(30)17-16(11-12-7-9-13(29)10-8-12)27-24(18(17)21(28)31)14-5-4-6-15(25)19(14)26-22(24)32/h4-10,16-18,27,29H,11H2,1-3H3,(H,26,32)/t16-,17-,18+,24+/m1/s1. The van der Waals surface area contributed by atoms with Gasteiger partial charge in [-0.2, -0.15) is 0 Å². The number of aromatic hydroxyl groups is 1. The molecule has 0 aromatic heterocycles. The largest absolute Gasteiger partial charge is 0.508 e. The number of halogens is 1. The number of anilines is 1. The highest BCUT2D eigenvalue weighted by atomic mass is 35.5. The highest BCUT2D eigenvalue weighted by Gasteiger charge is 2.71. The molecular weight excluding hydrogens is 430 g/mol. The Morgan fingerprint density at radius 1 is 1.06 bits per heavy atom. The van der Waals surface area contributed by atoms with Crippen LogP contribution >= 0.6 is 11.6 Å². The number of imide groups is 1. The Labute approximate surface area is 190 Å². The number of amides is 3. The van der Waals surface area contributed by atoms with Gasteiger partial charge in [0.2, 0.25) is 17.7 Å². The molecule has 166 valence electrons. The molecule has 0 radical (unpaired) electrons. The average molecular weight is 454 g/mol. The molecule has 3 aliphatic rings. The van der Waals surface area contributed by atoms with Gasteiger partial charge in [0.1, 0.15) is 11.3 Å². The van der Waals surface area contributed by atoms with Crippen molar-refractivity contribution in [2.75, 3.05) is 5.32 Å². The Hall–Kier alpha value is -2.90. The van der Waals surface area contributed by atoms with Gasteiger partial charge in [0, 0.05) is 17.1 Å². The Balaban J connectivity index is 1.66. The van der Waals surface area contributed by atoms with Gasteiger partial charge in [0.15, 0.2) is 0 Å². The minimum absolute atomic E-state index is 0.146. The van der Waals surface area contributed by atoms with E-state index in [2.05, 4.69) is 10.6 Å². The van der Waals surface area contributed by atoms with Gasteiger partial charge in [-0.1, -0.05) is 35.9 Å². The number of phenolic OH excluding ortho intramolecular Hbond substituents is 1. The van der Waals surface area contributed by atoms with Crippen molar-refractivity contribution >= 4 is 35.0 Å². The quantitative estimate of drug-likeness (QED) is 0.607. The number of carbonyl (C=O) groups excluding carboxylic acids is 3. The van der Waals surface area contributed by atoms with E-state index in [1.54, 1.807) is 42.5 Å². The van der Waals surface area contributed by atoms with E-state index in [0.29, 0.717) is 22.7 Å². The molecule has 3 N–H and O–H groups in total. The van der Waals surface area contributed by atoms with Crippen LogP contribution in [0.4, 0.5) is 5.69 Å². The number of rotatable bonds is 2. The zero-order valence-electron chi connectivity index (χ0n) is 18.0. The van der Waals surface area contributed by atoms with E-state index in [9.17, 15) is 19.5 Å². The van der Waals surface area contributed by atoms with E-state index in [0.717, 1.165) is 5.56 Å². The molecule has 0 bridgehead atoms. The summed E-state index contributed by atoms with van der Waals surface area (Å²) in [6.07, 6.45) is 0.420. The molecule has 5 rings (SSSR count). The molecule has 2 aromatic carbocycles. The number of fused-ring (bicyclic) bond motifs is 4. The number of carbonyl (C=O) groups is 3. The molecule has 1 spiro atoms. The van der Waals surface area contributed by atoms with Crippen LogP contribution in [0.1, 0.15) is 31.9 Å². The SMILES string of the molecule is CC(C)(C)N1C(=O)[C@H]2[C@@H](C1=O)[C@]1(N[C@@H]2Cc2ccc(O)cc2)C(=O)Nc2c(Cl)cccc21. The minimum Gasteiger partial charge on any atom is -0.508 e. The lowest BCUT2D eigenvalue weighted by atomic mass is 9.76. The molecule has 3 aliphatic heterocycles. The summed E-state index contributed by atoms with van der Waals surface area (Å²) >= 11 is 6.36. The summed E-state index contributed by atoms with van der Waals surface area (Å²) in [5.41, 5.74) is -0.135. The predicted octanol–water partition coefficient (Wildman–Crippen LogP) is 2.81. The maximum Gasteiger partial charge on any atom is 0.250 e. The lowest BCUT2D eigenvalue weighted by molar-refractivity contribution is -0.147. The van der Waals surface area contributed by atoms with Gasteiger partial charge in [-0.05, 0) is 51.0 Å². The molecule has 2 fully saturated rings. The molecule has 8 heteroatoms. The highest BCUT2D eigenvalue weighted by Crippen LogP contribution is 2.55. The van der Waals surface area contributed by atoms with Crippen molar-refractivity contribution in [1.29, 1.82) is 0 Å². The van der Waals surface area contributed by atoms with Crippen LogP contribution < -0.4 is 10.6 Å². The number of hydrogen-bond donors (Lipinski definition) is 3. The highest BCUT2D eigenvalue weighted by molar-refractivity contribution is 6.35. The fraction of sp³-hybridized carbons (Fsp3) is 0.375. The number of likely N-dealkylation sites (tertiary alicyclic amines) is 1. The molecule has 32 heavy (non-hydrogen) atoms. The van der Waals surface area contributed by atoms with Crippen molar-refractivity contribution in [2.24, 2.45) is 11.8 Å². The number of nitrogens with one attached hydrogen (secondary N) is 2. The molecule has 2 aromatic rings. The van der Waals surface area contributed by atoms with Crippen molar-refractivity contribution in [3.8, 4) is 5.75 Å². The van der Waals surface area contributed by atoms with Crippen LogP contribution in [0, 0.1) is 11.8 Å². The molecule has 0 aliphatic carbocycles. The molecule has 0 unspecified atom stereocenters. The smallest absolute Gasteiger partial charge is 0.250 e. The van der Waals surface area contributed by atoms with Gasteiger partial charge < -0.3 is 10.4 Å². The zero-order valence-corrected chi connectivity index (χ0v) is 18.7. The van der Waals surface area contributed by atoms with E-state index < -0.39 is 29.0 Å².